The first-order valence-electron chi connectivity index (χ1n) is 9.51. The quantitative estimate of drug-likeness (QED) is 0.218. The smallest absolute Gasteiger partial charge is 0.357 e. The molecule has 0 bridgehead atoms. The van der Waals surface area contributed by atoms with E-state index >= 15 is 0 Å². The summed E-state index contributed by atoms with van der Waals surface area (Å²) in [5, 5.41) is 0. The Kier molecular flexibility index (Phi) is 9.12. The molecular weight excluding hydrogens is 503 g/mol. The number of rotatable bonds is 6. The van der Waals surface area contributed by atoms with Crippen LogP contribution in [0.3, 0.4) is 0 Å². The van der Waals surface area contributed by atoms with E-state index < -0.39 is 0 Å². The lowest BCUT2D eigenvalue weighted by Gasteiger charge is -1.97. The van der Waals surface area contributed by atoms with Crippen LogP contribution in [0, 0.1) is 7.14 Å². The van der Waals surface area contributed by atoms with Crippen LogP contribution in [-0.2, 0) is 11.8 Å². The second-order valence-electron chi connectivity index (χ2n) is 6.19. The van der Waals surface area contributed by atoms with E-state index in [1.807, 2.05) is 30.3 Å². The minimum atomic E-state index is -0.0449. The summed E-state index contributed by atoms with van der Waals surface area (Å²) in [6.07, 6.45) is 0. The Hall–Kier alpha value is -2.44. The number of ether oxygens (including phenoxy) is 2. The van der Waals surface area contributed by atoms with Gasteiger partial charge in [0, 0.05) is 11.8 Å². The second kappa shape index (κ2) is 12.3. The third-order valence-corrected chi connectivity index (χ3v) is 7.88. The number of thiol groups is 1. The molecule has 0 fully saturated rings. The predicted octanol–water partition coefficient (Wildman–Crippen LogP) is 2.75. The average Bonchev–Trinajstić information content (AvgIpc) is 2.82. The molecule has 0 radical (unpaired) electrons. The average molecular weight is 528 g/mol. The number of hydrogen-bond donors (Lipinski definition) is 0. The van der Waals surface area contributed by atoms with Crippen molar-refractivity contribution in [2.45, 2.75) is 9.79 Å². The standard InChI is InChI=1S/C13H12IO.C13H12OS/c1-15-13-9-7-12(8-10-13)14-11-5-3-2-4-6-11;1-14-11-7-9-13(10-8-11)15-12-5-3-2-4-6-12/h2*2-10H,1H3/q+1;/p+1. The van der Waals surface area contributed by atoms with Gasteiger partial charge in [-0.05, 0) is 72.8 Å². The summed E-state index contributed by atoms with van der Waals surface area (Å²) in [5.41, 5.74) is 0. The van der Waals surface area contributed by atoms with E-state index in [2.05, 4.69) is 78.9 Å². The van der Waals surface area contributed by atoms with Crippen molar-refractivity contribution < 1.29 is 30.7 Å². The van der Waals surface area contributed by atoms with Gasteiger partial charge in [0.25, 0.3) is 0 Å². The molecule has 30 heavy (non-hydrogen) atoms. The Bertz CT molecular complexity index is 904. The van der Waals surface area contributed by atoms with E-state index in [4.69, 9.17) is 9.47 Å². The van der Waals surface area contributed by atoms with Gasteiger partial charge in [0.1, 0.15) is 11.5 Å². The normalized spacial score (nSPS) is 9.93. The fourth-order valence-corrected chi connectivity index (χ4v) is 5.68. The molecule has 152 valence electrons. The fraction of sp³-hybridized carbons (Fsp3) is 0.0769. The molecule has 0 aliphatic rings. The van der Waals surface area contributed by atoms with Crippen molar-refractivity contribution in [2.75, 3.05) is 14.2 Å². The van der Waals surface area contributed by atoms with Crippen LogP contribution in [0.4, 0.5) is 0 Å². The minimum Gasteiger partial charge on any atom is -0.497 e. The van der Waals surface area contributed by atoms with Crippen LogP contribution in [0.25, 0.3) is 0 Å². The highest BCUT2D eigenvalue weighted by atomic mass is 127. The monoisotopic (exact) mass is 528 g/mol. The molecule has 0 aliphatic heterocycles. The maximum atomic E-state index is 5.13. The van der Waals surface area contributed by atoms with E-state index in [0.29, 0.717) is 0 Å². The summed E-state index contributed by atoms with van der Waals surface area (Å²) in [5.74, 6) is 1.83. The minimum absolute atomic E-state index is 0.0449. The van der Waals surface area contributed by atoms with E-state index in [0.717, 1.165) is 11.5 Å². The molecule has 4 aromatic rings. The van der Waals surface area contributed by atoms with Crippen LogP contribution in [0.1, 0.15) is 0 Å². The zero-order valence-electron chi connectivity index (χ0n) is 17.0. The molecule has 0 aromatic heterocycles. The highest BCUT2D eigenvalue weighted by Gasteiger charge is 2.14. The molecular formula is C26H25IO2S+2. The van der Waals surface area contributed by atoms with Gasteiger partial charge < -0.3 is 9.47 Å². The molecule has 0 heterocycles. The number of benzene rings is 4. The van der Waals surface area contributed by atoms with Crippen LogP contribution >= 0.6 is 0 Å². The molecule has 0 aliphatic carbocycles. The SMILES string of the molecule is COc1ccc([I+]c2ccccc2)cc1.COc1ccc([SH+]c2ccccc2)cc1. The molecule has 0 atom stereocenters. The van der Waals surface area contributed by atoms with Gasteiger partial charge >= 0.3 is 21.2 Å². The topological polar surface area (TPSA) is 18.5 Å². The van der Waals surface area contributed by atoms with Crippen molar-refractivity contribution in [3.8, 4) is 11.5 Å². The highest BCUT2D eigenvalue weighted by molar-refractivity contribution is 7.78. The molecule has 2 nitrogen and oxygen atoms in total. The third-order valence-electron chi connectivity index (χ3n) is 4.09. The van der Waals surface area contributed by atoms with Crippen LogP contribution in [0.2, 0.25) is 0 Å². The Morgan fingerprint density at radius 3 is 1.47 bits per heavy atom. The van der Waals surface area contributed by atoms with Crippen molar-refractivity contribution in [3.05, 3.63) is 116 Å². The third kappa shape index (κ3) is 7.43. The van der Waals surface area contributed by atoms with Crippen molar-refractivity contribution in [3.63, 3.8) is 0 Å². The van der Waals surface area contributed by atoms with Gasteiger partial charge in [-0.25, -0.2) is 0 Å². The van der Waals surface area contributed by atoms with E-state index in [9.17, 15) is 0 Å². The van der Waals surface area contributed by atoms with E-state index in [1.165, 1.54) is 28.7 Å². The lowest BCUT2D eigenvalue weighted by atomic mass is 10.3. The van der Waals surface area contributed by atoms with E-state index in [1.54, 1.807) is 14.2 Å². The van der Waals surface area contributed by atoms with Crippen molar-refractivity contribution in [2.24, 2.45) is 0 Å². The van der Waals surface area contributed by atoms with Crippen LogP contribution in [-0.4, -0.2) is 14.2 Å². The molecule has 0 saturated carbocycles. The summed E-state index contributed by atoms with van der Waals surface area (Å²) in [6.45, 7) is 0. The molecule has 0 spiro atoms. The number of hydrogen-bond acceptors (Lipinski definition) is 2. The van der Waals surface area contributed by atoms with Crippen molar-refractivity contribution in [1.29, 1.82) is 0 Å². The fourth-order valence-electron chi connectivity index (χ4n) is 2.55. The Morgan fingerprint density at radius 2 is 0.933 bits per heavy atom. The van der Waals surface area contributed by atoms with Gasteiger partial charge in [0.15, 0.2) is 16.9 Å². The molecule has 0 saturated heterocycles. The first-order valence-corrected chi connectivity index (χ1v) is 12.6. The van der Waals surface area contributed by atoms with Gasteiger partial charge in [-0.15, -0.1) is 0 Å². The Balaban J connectivity index is 0.000000171. The van der Waals surface area contributed by atoms with E-state index in [-0.39, 0.29) is 21.2 Å². The Morgan fingerprint density at radius 1 is 0.500 bits per heavy atom. The maximum Gasteiger partial charge on any atom is 0.357 e. The summed E-state index contributed by atoms with van der Waals surface area (Å²) in [7, 11) is 3.38. The van der Waals surface area contributed by atoms with Crippen LogP contribution in [0.5, 0.6) is 11.5 Å². The molecule has 4 heteroatoms. The van der Waals surface area contributed by atoms with Gasteiger partial charge in [0.05, 0.1) is 14.2 Å². The first kappa shape index (κ1) is 22.2. The summed E-state index contributed by atoms with van der Waals surface area (Å²) < 4.78 is 13.1. The largest absolute Gasteiger partial charge is 0.497 e. The van der Waals surface area contributed by atoms with Gasteiger partial charge in [-0.3, -0.25) is 0 Å². The summed E-state index contributed by atoms with van der Waals surface area (Å²) >= 11 is 1.19. The molecule has 4 aromatic carbocycles. The van der Waals surface area contributed by atoms with Gasteiger partial charge in [0.2, 0.25) is 0 Å². The summed E-state index contributed by atoms with van der Waals surface area (Å²) in [4.78, 5) is 2.59. The lowest BCUT2D eigenvalue weighted by molar-refractivity contribution is -0.597. The van der Waals surface area contributed by atoms with Gasteiger partial charge in [-0.1, -0.05) is 36.4 Å². The first-order chi connectivity index (χ1) is 14.8. The van der Waals surface area contributed by atoms with Crippen molar-refractivity contribution in [1.82, 2.24) is 0 Å². The maximum absolute atomic E-state index is 5.13. The zero-order valence-corrected chi connectivity index (χ0v) is 20.1. The molecule has 0 amide bonds. The molecule has 0 unspecified atom stereocenters. The zero-order chi connectivity index (χ0) is 21.0. The number of methoxy groups -OCH3 is 2. The molecule has 0 N–H and O–H groups in total. The van der Waals surface area contributed by atoms with Gasteiger partial charge in [-0.2, -0.15) is 0 Å². The van der Waals surface area contributed by atoms with Crippen LogP contribution in [0.15, 0.2) is 119 Å². The molecule has 4 rings (SSSR count). The Labute approximate surface area is 193 Å². The van der Waals surface area contributed by atoms with Crippen molar-refractivity contribution >= 4 is 11.8 Å². The highest BCUT2D eigenvalue weighted by Crippen LogP contribution is 2.16. The lowest BCUT2D eigenvalue weighted by Crippen LogP contribution is -3.61. The number of halogens is 1. The summed E-state index contributed by atoms with van der Waals surface area (Å²) in [6, 6.07) is 37.6. The predicted molar refractivity (Wildman–Crippen MR) is 122 cm³/mol. The van der Waals surface area contributed by atoms with Crippen LogP contribution < -0.4 is 30.7 Å². The second-order valence-corrected chi connectivity index (χ2v) is 10.5.